The van der Waals surface area contributed by atoms with Gasteiger partial charge >= 0.3 is 0 Å². The Bertz CT molecular complexity index is 1220. The van der Waals surface area contributed by atoms with Gasteiger partial charge in [0.1, 0.15) is 0 Å². The summed E-state index contributed by atoms with van der Waals surface area (Å²) in [5.74, 6) is 0. The third kappa shape index (κ3) is 4.49. The van der Waals surface area contributed by atoms with Crippen molar-refractivity contribution in [2.45, 2.75) is 25.8 Å². The zero-order chi connectivity index (χ0) is 21.9. The van der Waals surface area contributed by atoms with Crippen molar-refractivity contribution in [1.82, 2.24) is 24.8 Å². The van der Waals surface area contributed by atoms with E-state index in [9.17, 15) is 0 Å². The van der Waals surface area contributed by atoms with Crippen molar-refractivity contribution >= 4 is 16.6 Å². The highest BCUT2D eigenvalue weighted by atomic mass is 15.2. The van der Waals surface area contributed by atoms with Gasteiger partial charge in [-0.1, -0.05) is 12.1 Å². The van der Waals surface area contributed by atoms with E-state index in [0.29, 0.717) is 6.04 Å². The van der Waals surface area contributed by atoms with Gasteiger partial charge in [-0.25, -0.2) is 4.98 Å². The Kier molecular flexibility index (Phi) is 5.83. The van der Waals surface area contributed by atoms with Gasteiger partial charge in [0.15, 0.2) is 0 Å². The van der Waals surface area contributed by atoms with Crippen LogP contribution in [0, 0.1) is 6.92 Å². The Morgan fingerprint density at radius 1 is 1.19 bits per heavy atom. The predicted molar refractivity (Wildman–Crippen MR) is 129 cm³/mol. The molecule has 0 radical (unpaired) electrons. The van der Waals surface area contributed by atoms with E-state index in [-0.39, 0.29) is 0 Å². The second kappa shape index (κ2) is 9.06. The number of anilines is 1. The molecule has 4 N–H and O–H groups in total. The molecule has 1 fully saturated rings. The van der Waals surface area contributed by atoms with E-state index < -0.39 is 0 Å². The minimum Gasteiger partial charge on any atom is -0.382 e. The molecule has 0 unspecified atom stereocenters. The highest BCUT2D eigenvalue weighted by molar-refractivity contribution is 5.88. The van der Waals surface area contributed by atoms with Gasteiger partial charge in [0.2, 0.25) is 0 Å². The summed E-state index contributed by atoms with van der Waals surface area (Å²) >= 11 is 0. The van der Waals surface area contributed by atoms with Crippen LogP contribution in [0.3, 0.4) is 0 Å². The number of pyridine rings is 2. The highest BCUT2D eigenvalue weighted by Crippen LogP contribution is 2.30. The first-order chi connectivity index (χ1) is 15.7. The number of rotatable bonds is 6. The minimum atomic E-state index is 0.312. The zero-order valence-corrected chi connectivity index (χ0v) is 18.4. The lowest BCUT2D eigenvalue weighted by Gasteiger charge is -2.30. The quantitative estimate of drug-likeness (QED) is 0.433. The maximum absolute atomic E-state index is 6.10. The molecule has 4 aromatic rings. The van der Waals surface area contributed by atoms with Gasteiger partial charge in [-0.05, 0) is 56.6 Å². The van der Waals surface area contributed by atoms with Crippen LogP contribution in [0.2, 0.25) is 0 Å². The number of fused-ring (bicyclic) bond motifs is 1. The topological polar surface area (TPSA) is 95.8 Å². The summed E-state index contributed by atoms with van der Waals surface area (Å²) in [5, 5.41) is 4.60. The second-order valence-corrected chi connectivity index (χ2v) is 8.55. The van der Waals surface area contributed by atoms with E-state index in [1.54, 1.807) is 6.33 Å². The van der Waals surface area contributed by atoms with Crippen molar-refractivity contribution in [3.8, 4) is 22.6 Å². The second-order valence-electron chi connectivity index (χ2n) is 8.55. The summed E-state index contributed by atoms with van der Waals surface area (Å²) in [7, 11) is 0. The molecule has 5 rings (SSSR count). The SMILES string of the molecule is Cc1cccc(-c2[nH]cnc2-c2ccc3ncc(NCCN4CCC[C@H](N)C4)cc3c2)n1. The molecule has 0 saturated carbocycles. The van der Waals surface area contributed by atoms with E-state index in [1.165, 1.54) is 6.42 Å². The molecule has 4 heterocycles. The first-order valence-corrected chi connectivity index (χ1v) is 11.2. The fourth-order valence-electron chi connectivity index (χ4n) is 4.42. The predicted octanol–water partition coefficient (Wildman–Crippen LogP) is 3.83. The average Bonchev–Trinajstić information content (AvgIpc) is 3.29. The summed E-state index contributed by atoms with van der Waals surface area (Å²) in [6.45, 7) is 5.99. The summed E-state index contributed by atoms with van der Waals surface area (Å²) < 4.78 is 0. The van der Waals surface area contributed by atoms with Crippen LogP contribution in [0.1, 0.15) is 18.5 Å². The smallest absolute Gasteiger partial charge is 0.0977 e. The molecular weight excluding hydrogens is 398 g/mol. The Morgan fingerprint density at radius 3 is 3.00 bits per heavy atom. The van der Waals surface area contributed by atoms with Gasteiger partial charge in [0, 0.05) is 42.3 Å². The monoisotopic (exact) mass is 427 g/mol. The largest absolute Gasteiger partial charge is 0.382 e. The summed E-state index contributed by atoms with van der Waals surface area (Å²) in [6.07, 6.45) is 5.95. The van der Waals surface area contributed by atoms with Crippen molar-refractivity contribution in [1.29, 1.82) is 0 Å². The standard InChI is InChI=1S/C25H29N7/c1-17-4-2-6-23(31-17)25-24(29-16-30-25)18-7-8-22-19(12-18)13-21(14-28-22)27-9-11-32-10-3-5-20(26)15-32/h2,4,6-8,12-14,16,20,27H,3,5,9-11,15,26H2,1H3,(H,29,30)/t20-/m0/s1. The maximum Gasteiger partial charge on any atom is 0.0977 e. The lowest BCUT2D eigenvalue weighted by molar-refractivity contribution is 0.216. The van der Waals surface area contributed by atoms with Crippen LogP contribution in [-0.4, -0.2) is 57.1 Å². The van der Waals surface area contributed by atoms with Gasteiger partial charge in [-0.3, -0.25) is 9.97 Å². The molecule has 1 aromatic carbocycles. The molecule has 7 heteroatoms. The number of nitrogens with one attached hydrogen (secondary N) is 2. The van der Waals surface area contributed by atoms with Crippen LogP contribution in [0.5, 0.6) is 0 Å². The Balaban J connectivity index is 1.35. The number of H-pyrrole nitrogens is 1. The van der Waals surface area contributed by atoms with Crippen molar-refractivity contribution in [2.24, 2.45) is 5.73 Å². The third-order valence-electron chi connectivity index (χ3n) is 6.04. The van der Waals surface area contributed by atoms with Gasteiger partial charge in [0.05, 0.1) is 40.8 Å². The lowest BCUT2D eigenvalue weighted by Crippen LogP contribution is -2.44. The van der Waals surface area contributed by atoms with E-state index >= 15 is 0 Å². The molecule has 0 bridgehead atoms. The number of aromatic nitrogens is 4. The van der Waals surface area contributed by atoms with Gasteiger partial charge in [-0.15, -0.1) is 0 Å². The molecule has 3 aromatic heterocycles. The molecule has 0 amide bonds. The number of nitrogens with two attached hydrogens (primary N) is 1. The van der Waals surface area contributed by atoms with Crippen molar-refractivity contribution in [3.63, 3.8) is 0 Å². The van der Waals surface area contributed by atoms with Crippen molar-refractivity contribution in [2.75, 3.05) is 31.5 Å². The minimum absolute atomic E-state index is 0.312. The van der Waals surface area contributed by atoms with E-state index in [2.05, 4.69) is 48.4 Å². The van der Waals surface area contributed by atoms with Crippen molar-refractivity contribution in [3.05, 3.63) is 60.7 Å². The Labute approximate surface area is 188 Å². The van der Waals surface area contributed by atoms with E-state index in [1.807, 2.05) is 37.4 Å². The molecule has 1 saturated heterocycles. The normalized spacial score (nSPS) is 17.0. The van der Waals surface area contributed by atoms with Gasteiger partial charge in [0.25, 0.3) is 0 Å². The lowest BCUT2D eigenvalue weighted by atomic mass is 10.0. The Morgan fingerprint density at radius 2 is 2.12 bits per heavy atom. The van der Waals surface area contributed by atoms with Gasteiger partial charge < -0.3 is 20.9 Å². The number of hydrogen-bond donors (Lipinski definition) is 3. The van der Waals surface area contributed by atoms with Crippen LogP contribution in [0.15, 0.2) is 55.0 Å². The van der Waals surface area contributed by atoms with Crippen LogP contribution >= 0.6 is 0 Å². The number of likely N-dealkylation sites (tertiary alicyclic amines) is 1. The molecule has 1 aliphatic rings. The molecule has 1 atom stereocenters. The van der Waals surface area contributed by atoms with Crippen LogP contribution in [-0.2, 0) is 0 Å². The molecule has 32 heavy (non-hydrogen) atoms. The number of hydrogen-bond acceptors (Lipinski definition) is 6. The fraction of sp³-hybridized carbons (Fsp3) is 0.320. The highest BCUT2D eigenvalue weighted by Gasteiger charge is 2.16. The number of aromatic amines is 1. The molecular formula is C25H29N7. The first kappa shape index (κ1) is 20.6. The van der Waals surface area contributed by atoms with Gasteiger partial charge in [-0.2, -0.15) is 0 Å². The summed E-state index contributed by atoms with van der Waals surface area (Å²) in [4.78, 5) is 19.6. The Hall–Kier alpha value is -3.29. The van der Waals surface area contributed by atoms with Crippen LogP contribution in [0.4, 0.5) is 5.69 Å². The number of nitrogens with zero attached hydrogens (tertiary/aromatic N) is 4. The molecule has 0 aliphatic carbocycles. The first-order valence-electron chi connectivity index (χ1n) is 11.2. The number of piperidine rings is 1. The number of aryl methyl sites for hydroxylation is 1. The molecule has 164 valence electrons. The molecule has 7 nitrogen and oxygen atoms in total. The van der Waals surface area contributed by atoms with Crippen LogP contribution < -0.4 is 11.1 Å². The average molecular weight is 428 g/mol. The number of benzene rings is 1. The van der Waals surface area contributed by atoms with E-state index in [0.717, 1.165) is 77.5 Å². The fourth-order valence-corrected chi connectivity index (χ4v) is 4.42. The third-order valence-corrected chi connectivity index (χ3v) is 6.04. The summed E-state index contributed by atoms with van der Waals surface area (Å²) in [5.41, 5.74) is 12.8. The maximum atomic E-state index is 6.10. The summed E-state index contributed by atoms with van der Waals surface area (Å²) in [6, 6.07) is 14.7. The zero-order valence-electron chi connectivity index (χ0n) is 18.4. The van der Waals surface area contributed by atoms with E-state index in [4.69, 9.17) is 5.73 Å². The molecule has 1 aliphatic heterocycles. The van der Waals surface area contributed by atoms with Crippen LogP contribution in [0.25, 0.3) is 33.5 Å². The number of imidazole rings is 1. The molecule has 0 spiro atoms. The van der Waals surface area contributed by atoms with Crippen molar-refractivity contribution < 1.29 is 0 Å².